The molecule has 2 N–H and O–H groups in total. The van der Waals surface area contributed by atoms with Gasteiger partial charge in [0.25, 0.3) is 5.91 Å². The van der Waals surface area contributed by atoms with Gasteiger partial charge in [-0.25, -0.2) is 0 Å². The molecule has 0 aromatic heterocycles. The molecule has 0 saturated carbocycles. The standard InChI is InChI=1S/C27H37N3O4/c1-33-23-9-7-21(8-10-23)19-28-27(32)26-25(31)12-11-24(34-26)13-14-29-15-17-30(18-16-29)20-22-5-3-2-4-6-22/h2-10,24-26,31H,11-20H2,1H3,(H,28,32)/t24-,25-,26-/m0/s1. The second kappa shape index (κ2) is 12.3. The van der Waals surface area contributed by atoms with E-state index in [2.05, 4.69) is 45.4 Å². The van der Waals surface area contributed by atoms with Crippen LogP contribution in [0.25, 0.3) is 0 Å². The van der Waals surface area contributed by atoms with Crippen molar-refractivity contribution in [2.24, 2.45) is 0 Å². The smallest absolute Gasteiger partial charge is 0.252 e. The Morgan fingerprint density at radius 3 is 2.41 bits per heavy atom. The largest absolute Gasteiger partial charge is 0.497 e. The molecule has 4 rings (SSSR count). The number of benzene rings is 2. The van der Waals surface area contributed by atoms with Gasteiger partial charge in [0.1, 0.15) is 5.75 Å². The van der Waals surface area contributed by atoms with E-state index < -0.39 is 12.2 Å². The van der Waals surface area contributed by atoms with E-state index >= 15 is 0 Å². The summed E-state index contributed by atoms with van der Waals surface area (Å²) in [5, 5.41) is 13.3. The van der Waals surface area contributed by atoms with Crippen molar-refractivity contribution in [2.45, 2.75) is 50.7 Å². The van der Waals surface area contributed by atoms with E-state index in [0.29, 0.717) is 13.0 Å². The molecule has 2 aliphatic rings. The number of aliphatic hydroxyl groups is 1. The van der Waals surface area contributed by atoms with Gasteiger partial charge in [0.15, 0.2) is 6.10 Å². The summed E-state index contributed by atoms with van der Waals surface area (Å²) in [7, 11) is 1.63. The highest BCUT2D eigenvalue weighted by molar-refractivity contribution is 5.81. The van der Waals surface area contributed by atoms with Gasteiger partial charge in [-0.15, -0.1) is 0 Å². The Labute approximate surface area is 202 Å². The number of nitrogens with one attached hydrogen (secondary N) is 1. The van der Waals surface area contributed by atoms with Crippen LogP contribution >= 0.6 is 0 Å². The molecule has 0 aliphatic carbocycles. The third-order valence-electron chi connectivity index (χ3n) is 6.84. The summed E-state index contributed by atoms with van der Waals surface area (Å²) < 4.78 is 11.2. The van der Waals surface area contributed by atoms with Crippen LogP contribution in [0.2, 0.25) is 0 Å². The van der Waals surface area contributed by atoms with Crippen molar-refractivity contribution in [1.29, 1.82) is 0 Å². The van der Waals surface area contributed by atoms with Crippen LogP contribution in [0.1, 0.15) is 30.4 Å². The minimum atomic E-state index is -0.806. The third kappa shape index (κ3) is 7.03. The molecule has 2 heterocycles. The molecular weight excluding hydrogens is 430 g/mol. The monoisotopic (exact) mass is 467 g/mol. The average Bonchev–Trinajstić information content (AvgIpc) is 2.88. The predicted molar refractivity (Wildman–Crippen MR) is 132 cm³/mol. The fourth-order valence-electron chi connectivity index (χ4n) is 4.70. The number of carbonyl (C=O) groups is 1. The summed E-state index contributed by atoms with van der Waals surface area (Å²) in [4.78, 5) is 17.7. The van der Waals surface area contributed by atoms with Crippen LogP contribution in [0.3, 0.4) is 0 Å². The second-order valence-corrected chi connectivity index (χ2v) is 9.28. The maximum Gasteiger partial charge on any atom is 0.252 e. The van der Waals surface area contributed by atoms with Gasteiger partial charge >= 0.3 is 0 Å². The zero-order valence-electron chi connectivity index (χ0n) is 20.1. The molecular formula is C27H37N3O4. The number of rotatable bonds is 9. The van der Waals surface area contributed by atoms with Crippen LogP contribution in [-0.2, 0) is 22.6 Å². The van der Waals surface area contributed by atoms with Gasteiger partial charge in [0.2, 0.25) is 0 Å². The number of piperazine rings is 1. The van der Waals surface area contributed by atoms with E-state index in [-0.39, 0.29) is 12.0 Å². The first-order chi connectivity index (χ1) is 16.6. The fraction of sp³-hybridized carbons (Fsp3) is 0.519. The van der Waals surface area contributed by atoms with Crippen LogP contribution in [0.15, 0.2) is 54.6 Å². The van der Waals surface area contributed by atoms with Crippen molar-refractivity contribution < 1.29 is 19.4 Å². The van der Waals surface area contributed by atoms with Gasteiger partial charge in [-0.05, 0) is 42.5 Å². The third-order valence-corrected chi connectivity index (χ3v) is 6.84. The molecule has 2 aliphatic heterocycles. The van der Waals surface area contributed by atoms with Crippen LogP contribution in [-0.4, -0.2) is 79.0 Å². The number of ether oxygens (including phenoxy) is 2. The van der Waals surface area contributed by atoms with Crippen molar-refractivity contribution in [3.8, 4) is 5.75 Å². The summed E-state index contributed by atoms with van der Waals surface area (Å²) in [6.45, 7) is 6.59. The van der Waals surface area contributed by atoms with Gasteiger partial charge in [0.05, 0.1) is 19.3 Å². The van der Waals surface area contributed by atoms with Crippen LogP contribution < -0.4 is 10.1 Å². The Hall–Kier alpha value is -2.45. The topological polar surface area (TPSA) is 74.3 Å². The zero-order valence-corrected chi connectivity index (χ0v) is 20.1. The molecule has 7 heteroatoms. The first-order valence-electron chi connectivity index (χ1n) is 12.3. The molecule has 184 valence electrons. The lowest BCUT2D eigenvalue weighted by Crippen LogP contribution is -2.50. The summed E-state index contributed by atoms with van der Waals surface area (Å²) in [5.74, 6) is 0.532. The molecule has 1 amide bonds. The molecule has 2 saturated heterocycles. The van der Waals surface area contributed by atoms with E-state index in [0.717, 1.165) is 63.4 Å². The summed E-state index contributed by atoms with van der Waals surface area (Å²) >= 11 is 0. The lowest BCUT2D eigenvalue weighted by molar-refractivity contribution is -0.158. The van der Waals surface area contributed by atoms with Gasteiger partial charge in [-0.3, -0.25) is 9.69 Å². The van der Waals surface area contributed by atoms with Gasteiger partial charge in [-0.1, -0.05) is 42.5 Å². The van der Waals surface area contributed by atoms with Crippen LogP contribution in [0.4, 0.5) is 0 Å². The van der Waals surface area contributed by atoms with Gasteiger partial charge in [0, 0.05) is 45.8 Å². The minimum Gasteiger partial charge on any atom is -0.497 e. The number of methoxy groups -OCH3 is 1. The van der Waals surface area contributed by atoms with Crippen molar-refractivity contribution in [1.82, 2.24) is 15.1 Å². The van der Waals surface area contributed by atoms with E-state index in [1.54, 1.807) is 7.11 Å². The predicted octanol–water partition coefficient (Wildman–Crippen LogP) is 2.43. The first kappa shape index (κ1) is 24.7. The number of hydrogen-bond acceptors (Lipinski definition) is 6. The highest BCUT2D eigenvalue weighted by Crippen LogP contribution is 2.23. The van der Waals surface area contributed by atoms with Crippen molar-refractivity contribution in [2.75, 3.05) is 39.8 Å². The normalized spacial score (nSPS) is 24.0. The highest BCUT2D eigenvalue weighted by Gasteiger charge is 2.35. The number of aliphatic hydroxyl groups excluding tert-OH is 1. The van der Waals surface area contributed by atoms with E-state index in [4.69, 9.17) is 9.47 Å². The summed E-state index contributed by atoms with van der Waals surface area (Å²) in [5.41, 5.74) is 2.34. The van der Waals surface area contributed by atoms with Crippen LogP contribution in [0, 0.1) is 0 Å². The molecule has 0 radical (unpaired) electrons. The van der Waals surface area contributed by atoms with E-state index in [1.807, 2.05) is 24.3 Å². The first-order valence-corrected chi connectivity index (χ1v) is 12.3. The molecule has 34 heavy (non-hydrogen) atoms. The van der Waals surface area contributed by atoms with Gasteiger partial charge < -0.3 is 24.8 Å². The van der Waals surface area contributed by atoms with Crippen molar-refractivity contribution in [3.63, 3.8) is 0 Å². The lowest BCUT2D eigenvalue weighted by Gasteiger charge is -2.37. The summed E-state index contributed by atoms with van der Waals surface area (Å²) in [6, 6.07) is 18.2. The maximum absolute atomic E-state index is 12.7. The molecule has 0 spiro atoms. The number of hydrogen-bond donors (Lipinski definition) is 2. The Morgan fingerprint density at radius 1 is 1.00 bits per heavy atom. The van der Waals surface area contributed by atoms with Crippen molar-refractivity contribution >= 4 is 5.91 Å². The van der Waals surface area contributed by atoms with Crippen molar-refractivity contribution in [3.05, 3.63) is 65.7 Å². The summed E-state index contributed by atoms with van der Waals surface area (Å²) in [6.07, 6.45) is 0.706. The number of nitrogens with zero attached hydrogens (tertiary/aromatic N) is 2. The Morgan fingerprint density at radius 2 is 1.71 bits per heavy atom. The Kier molecular flexibility index (Phi) is 8.93. The zero-order chi connectivity index (χ0) is 23.8. The molecule has 2 fully saturated rings. The molecule has 0 bridgehead atoms. The molecule has 7 nitrogen and oxygen atoms in total. The molecule has 3 atom stereocenters. The molecule has 2 aromatic rings. The quantitative estimate of drug-likeness (QED) is 0.590. The van der Waals surface area contributed by atoms with E-state index in [9.17, 15) is 9.90 Å². The van der Waals surface area contributed by atoms with E-state index in [1.165, 1.54) is 5.56 Å². The molecule has 0 unspecified atom stereocenters. The fourth-order valence-corrected chi connectivity index (χ4v) is 4.70. The lowest BCUT2D eigenvalue weighted by atomic mass is 9.98. The molecule has 2 aromatic carbocycles. The Bertz CT molecular complexity index is 885. The Balaban J connectivity index is 1.17. The number of amides is 1. The SMILES string of the molecule is COc1ccc(CNC(=O)[C@H]2O[C@H](CCN3CCN(Cc4ccccc4)CC3)CC[C@@H]2O)cc1. The number of carbonyl (C=O) groups excluding carboxylic acids is 1. The minimum absolute atomic E-state index is 0.00230. The average molecular weight is 468 g/mol. The highest BCUT2D eigenvalue weighted by atomic mass is 16.5. The second-order valence-electron chi connectivity index (χ2n) is 9.28. The van der Waals surface area contributed by atoms with Gasteiger partial charge in [-0.2, -0.15) is 0 Å². The maximum atomic E-state index is 12.7. The van der Waals surface area contributed by atoms with Crippen LogP contribution in [0.5, 0.6) is 5.75 Å².